The van der Waals surface area contributed by atoms with Crippen molar-refractivity contribution < 1.29 is 4.42 Å². The molecule has 1 heterocycles. The Kier molecular flexibility index (Phi) is 9.16. The van der Waals surface area contributed by atoms with Gasteiger partial charge in [0.15, 0.2) is 5.58 Å². The molecule has 0 bridgehead atoms. The van der Waals surface area contributed by atoms with Gasteiger partial charge in [-0.2, -0.15) is 0 Å². The predicted molar refractivity (Wildman–Crippen MR) is 268 cm³/mol. The van der Waals surface area contributed by atoms with E-state index in [1.807, 2.05) is 30.3 Å². The molecule has 12 aromatic rings. The molecule has 0 saturated heterocycles. The van der Waals surface area contributed by atoms with Gasteiger partial charge in [0, 0.05) is 27.9 Å². The van der Waals surface area contributed by atoms with E-state index in [-0.39, 0.29) is 0 Å². The van der Waals surface area contributed by atoms with Gasteiger partial charge in [-0.05, 0) is 145 Å². The van der Waals surface area contributed by atoms with Gasteiger partial charge < -0.3 is 9.32 Å². The van der Waals surface area contributed by atoms with Crippen LogP contribution in [0.25, 0.3) is 99.4 Å². The summed E-state index contributed by atoms with van der Waals surface area (Å²) in [5.74, 6) is 0.640. The highest BCUT2D eigenvalue weighted by atomic mass is 16.3. The third-order valence-corrected chi connectivity index (χ3v) is 12.5. The van der Waals surface area contributed by atoms with E-state index in [2.05, 4.69) is 217 Å². The van der Waals surface area contributed by atoms with Gasteiger partial charge in [-0.1, -0.05) is 164 Å². The normalized spacial score (nSPS) is 11.4. The third-order valence-electron chi connectivity index (χ3n) is 12.5. The molecule has 0 aliphatic rings. The standard InChI is InChI=1S/C61H40N2O/c1-4-13-44(14-5-1)57-40-50(55-22-12-18-43-15-10-11-21-54(43)55)31-36-59(57)63(52-19-8-3-9-20-52)53-32-27-41(28-33-53)46-25-23-42-24-26-47(39-51(42)38-46)48-29-34-56-49(37-48)30-35-58-60(56)64-61(62-58)45-16-6-2-7-17-45/h1-40H. The van der Waals surface area contributed by atoms with Crippen LogP contribution in [0.5, 0.6) is 0 Å². The van der Waals surface area contributed by atoms with E-state index in [0.717, 1.165) is 55.6 Å². The van der Waals surface area contributed by atoms with Gasteiger partial charge in [-0.3, -0.25) is 0 Å². The van der Waals surface area contributed by atoms with E-state index in [9.17, 15) is 0 Å². The molecule has 0 radical (unpaired) electrons. The van der Waals surface area contributed by atoms with Crippen LogP contribution >= 0.6 is 0 Å². The maximum Gasteiger partial charge on any atom is 0.227 e. The summed E-state index contributed by atoms with van der Waals surface area (Å²) in [6, 6.07) is 86.9. The summed E-state index contributed by atoms with van der Waals surface area (Å²) in [4.78, 5) is 7.17. The molecule has 0 unspecified atom stereocenters. The SMILES string of the molecule is c1ccc(-c2nc3ccc4cc(-c5ccc6ccc(-c7ccc(N(c8ccccc8)c8ccc(-c9cccc%10ccccc9%10)cc8-c8ccccc8)cc7)cc6c5)ccc4c3o2)cc1. The van der Waals surface area contributed by atoms with E-state index in [1.54, 1.807) is 0 Å². The molecular formula is C61H40N2O. The van der Waals surface area contributed by atoms with Crippen molar-refractivity contribution in [3.63, 3.8) is 0 Å². The predicted octanol–water partition coefficient (Wildman–Crippen LogP) is 17.1. The minimum absolute atomic E-state index is 0.640. The zero-order valence-corrected chi connectivity index (χ0v) is 34.9. The Morgan fingerprint density at radius 1 is 0.312 bits per heavy atom. The van der Waals surface area contributed by atoms with Crippen LogP contribution in [0.1, 0.15) is 0 Å². The summed E-state index contributed by atoms with van der Waals surface area (Å²) < 4.78 is 6.33. The Labute approximate surface area is 371 Å². The van der Waals surface area contributed by atoms with Gasteiger partial charge >= 0.3 is 0 Å². The first kappa shape index (κ1) is 37.2. The topological polar surface area (TPSA) is 29.3 Å². The fraction of sp³-hybridized carbons (Fsp3) is 0. The second kappa shape index (κ2) is 15.7. The highest BCUT2D eigenvalue weighted by Crippen LogP contribution is 2.44. The average molecular weight is 817 g/mol. The van der Waals surface area contributed by atoms with Gasteiger partial charge in [-0.25, -0.2) is 4.98 Å². The van der Waals surface area contributed by atoms with Crippen molar-refractivity contribution >= 4 is 60.5 Å². The molecule has 64 heavy (non-hydrogen) atoms. The number of fused-ring (bicyclic) bond motifs is 5. The third kappa shape index (κ3) is 6.77. The average Bonchev–Trinajstić information content (AvgIpc) is 3.82. The molecule has 0 N–H and O–H groups in total. The quantitative estimate of drug-likeness (QED) is 0.153. The van der Waals surface area contributed by atoms with Gasteiger partial charge in [0.2, 0.25) is 5.89 Å². The number of anilines is 3. The molecule has 0 aliphatic heterocycles. The van der Waals surface area contributed by atoms with Crippen LogP contribution in [-0.2, 0) is 0 Å². The first-order valence-electron chi connectivity index (χ1n) is 21.8. The number of rotatable bonds is 8. The maximum atomic E-state index is 6.33. The summed E-state index contributed by atoms with van der Waals surface area (Å²) in [6.07, 6.45) is 0. The first-order chi connectivity index (χ1) is 31.7. The van der Waals surface area contributed by atoms with Crippen LogP contribution in [0.2, 0.25) is 0 Å². The van der Waals surface area contributed by atoms with E-state index in [1.165, 1.54) is 54.9 Å². The molecular weight excluding hydrogens is 777 g/mol. The molecule has 0 fully saturated rings. The molecule has 12 rings (SSSR count). The molecule has 3 heteroatoms. The lowest BCUT2D eigenvalue weighted by Crippen LogP contribution is -2.11. The van der Waals surface area contributed by atoms with Crippen molar-refractivity contribution in [2.24, 2.45) is 0 Å². The minimum atomic E-state index is 0.640. The maximum absolute atomic E-state index is 6.33. The molecule has 0 spiro atoms. The second-order valence-electron chi connectivity index (χ2n) is 16.4. The molecule has 11 aromatic carbocycles. The molecule has 0 amide bonds. The van der Waals surface area contributed by atoms with Gasteiger partial charge in [0.25, 0.3) is 0 Å². The smallest absolute Gasteiger partial charge is 0.227 e. The zero-order chi connectivity index (χ0) is 42.4. The minimum Gasteiger partial charge on any atom is -0.435 e. The fourth-order valence-corrected chi connectivity index (χ4v) is 9.24. The van der Waals surface area contributed by atoms with Crippen LogP contribution < -0.4 is 4.90 Å². The van der Waals surface area contributed by atoms with Crippen molar-refractivity contribution in [2.75, 3.05) is 4.90 Å². The fourth-order valence-electron chi connectivity index (χ4n) is 9.24. The van der Waals surface area contributed by atoms with Crippen LogP contribution in [0.4, 0.5) is 17.1 Å². The molecule has 0 saturated carbocycles. The molecule has 1 aromatic heterocycles. The Balaban J connectivity index is 0.895. The number of hydrogen-bond donors (Lipinski definition) is 0. The van der Waals surface area contributed by atoms with E-state index in [0.29, 0.717) is 5.89 Å². The number of benzene rings is 11. The first-order valence-corrected chi connectivity index (χ1v) is 21.8. The number of aromatic nitrogens is 1. The Morgan fingerprint density at radius 3 is 1.66 bits per heavy atom. The summed E-state index contributed by atoms with van der Waals surface area (Å²) in [6.45, 7) is 0. The van der Waals surface area contributed by atoms with Crippen molar-refractivity contribution in [1.29, 1.82) is 0 Å². The Morgan fingerprint density at radius 2 is 0.891 bits per heavy atom. The van der Waals surface area contributed by atoms with Gasteiger partial charge in [-0.15, -0.1) is 0 Å². The lowest BCUT2D eigenvalue weighted by Gasteiger charge is -2.28. The van der Waals surface area contributed by atoms with Gasteiger partial charge in [0.05, 0.1) is 5.69 Å². The lowest BCUT2D eigenvalue weighted by atomic mass is 9.93. The van der Waals surface area contributed by atoms with E-state index >= 15 is 0 Å². The molecule has 3 nitrogen and oxygen atoms in total. The molecule has 0 atom stereocenters. The highest BCUT2D eigenvalue weighted by molar-refractivity contribution is 6.05. The molecule has 0 aliphatic carbocycles. The monoisotopic (exact) mass is 816 g/mol. The van der Waals surface area contributed by atoms with Crippen LogP contribution in [-0.4, -0.2) is 4.98 Å². The summed E-state index contributed by atoms with van der Waals surface area (Å²) in [7, 11) is 0. The summed E-state index contributed by atoms with van der Waals surface area (Å²) in [5.41, 5.74) is 15.4. The van der Waals surface area contributed by atoms with Crippen LogP contribution in [0.3, 0.4) is 0 Å². The Hall–Kier alpha value is -8.53. The van der Waals surface area contributed by atoms with Crippen LogP contribution in [0, 0.1) is 0 Å². The molecule has 300 valence electrons. The lowest BCUT2D eigenvalue weighted by molar-refractivity contribution is 0.623. The van der Waals surface area contributed by atoms with Crippen molar-refractivity contribution in [2.45, 2.75) is 0 Å². The summed E-state index contributed by atoms with van der Waals surface area (Å²) >= 11 is 0. The largest absolute Gasteiger partial charge is 0.435 e. The number of nitrogens with zero attached hydrogens (tertiary/aromatic N) is 2. The zero-order valence-electron chi connectivity index (χ0n) is 34.9. The van der Waals surface area contributed by atoms with Crippen molar-refractivity contribution in [1.82, 2.24) is 4.98 Å². The number of oxazole rings is 1. The summed E-state index contributed by atoms with van der Waals surface area (Å²) in [5, 5.41) is 7.07. The highest BCUT2D eigenvalue weighted by Gasteiger charge is 2.19. The van der Waals surface area contributed by atoms with Crippen molar-refractivity contribution in [3.05, 3.63) is 243 Å². The van der Waals surface area contributed by atoms with E-state index in [4.69, 9.17) is 9.40 Å². The number of para-hydroxylation sites is 1. The van der Waals surface area contributed by atoms with Crippen LogP contribution in [0.15, 0.2) is 247 Å². The van der Waals surface area contributed by atoms with Gasteiger partial charge in [0.1, 0.15) is 5.52 Å². The second-order valence-corrected chi connectivity index (χ2v) is 16.4. The Bertz CT molecular complexity index is 3650. The van der Waals surface area contributed by atoms with Crippen molar-refractivity contribution in [3.8, 4) is 56.0 Å². The van der Waals surface area contributed by atoms with E-state index < -0.39 is 0 Å². The number of hydrogen-bond acceptors (Lipinski definition) is 3.